The Morgan fingerprint density at radius 1 is 1.29 bits per heavy atom. The van der Waals surface area contributed by atoms with Crippen LogP contribution in [0.25, 0.3) is 0 Å². The highest BCUT2D eigenvalue weighted by Crippen LogP contribution is 2.02. The molecular formula is C12H12NO4. The molecule has 0 aromatic heterocycles. The first-order valence-electron chi connectivity index (χ1n) is 4.96. The van der Waals surface area contributed by atoms with Crippen molar-refractivity contribution in [2.75, 3.05) is 13.6 Å². The van der Waals surface area contributed by atoms with E-state index in [-0.39, 0.29) is 13.2 Å². The van der Waals surface area contributed by atoms with Crippen LogP contribution in [0.1, 0.15) is 5.56 Å². The average molecular weight is 234 g/mol. The first-order valence-corrected chi connectivity index (χ1v) is 4.96. The molecule has 0 spiro atoms. The van der Waals surface area contributed by atoms with Crippen LogP contribution in [-0.4, -0.2) is 36.7 Å². The van der Waals surface area contributed by atoms with E-state index in [9.17, 15) is 14.4 Å². The van der Waals surface area contributed by atoms with Gasteiger partial charge < -0.3 is 9.64 Å². The van der Waals surface area contributed by atoms with E-state index < -0.39 is 11.9 Å². The number of Topliss-reactive ketones (excluding diaryl/α,β-unsaturated/α-hetero) is 1. The molecule has 1 radical (unpaired) electrons. The van der Waals surface area contributed by atoms with Crippen LogP contribution >= 0.6 is 0 Å². The molecule has 5 nitrogen and oxygen atoms in total. The molecule has 1 aromatic carbocycles. The predicted octanol–water partition coefficient (Wildman–Crippen LogP) is 0.934. The number of benzene rings is 1. The quantitative estimate of drug-likeness (QED) is 0.711. The largest absolute Gasteiger partial charge is 0.445 e. The van der Waals surface area contributed by atoms with Crippen molar-refractivity contribution in [2.45, 2.75) is 6.61 Å². The molecule has 0 bridgehead atoms. The van der Waals surface area contributed by atoms with Crippen molar-refractivity contribution >= 4 is 18.2 Å². The topological polar surface area (TPSA) is 63.7 Å². The minimum absolute atomic E-state index is 0.128. The number of likely N-dealkylation sites (N-methyl/N-ethyl adjacent to an activating group) is 1. The first-order chi connectivity index (χ1) is 8.13. The molecule has 1 rings (SSSR count). The van der Waals surface area contributed by atoms with Gasteiger partial charge in [0.25, 0.3) is 6.29 Å². The fraction of sp³-hybridized carbons (Fsp3) is 0.250. The average Bonchev–Trinajstić information content (AvgIpc) is 2.36. The minimum Gasteiger partial charge on any atom is -0.445 e. The highest BCUT2D eigenvalue weighted by Gasteiger charge is 2.13. The maximum Gasteiger partial charge on any atom is 0.410 e. The van der Waals surface area contributed by atoms with Crippen molar-refractivity contribution in [3.8, 4) is 0 Å². The van der Waals surface area contributed by atoms with Crippen molar-refractivity contribution in [3.63, 3.8) is 0 Å². The van der Waals surface area contributed by atoms with Crippen molar-refractivity contribution in [1.82, 2.24) is 4.90 Å². The Morgan fingerprint density at radius 3 is 2.53 bits per heavy atom. The number of hydrogen-bond acceptors (Lipinski definition) is 4. The second-order valence-electron chi connectivity index (χ2n) is 3.42. The van der Waals surface area contributed by atoms with Crippen molar-refractivity contribution < 1.29 is 19.1 Å². The molecule has 0 saturated carbocycles. The fourth-order valence-electron chi connectivity index (χ4n) is 1.14. The Morgan fingerprint density at radius 2 is 1.94 bits per heavy atom. The van der Waals surface area contributed by atoms with Gasteiger partial charge in [0.1, 0.15) is 6.61 Å². The third-order valence-corrected chi connectivity index (χ3v) is 2.01. The van der Waals surface area contributed by atoms with Crippen molar-refractivity contribution in [3.05, 3.63) is 35.9 Å². The second-order valence-corrected chi connectivity index (χ2v) is 3.42. The lowest BCUT2D eigenvalue weighted by Gasteiger charge is -2.14. The molecule has 0 saturated heterocycles. The van der Waals surface area contributed by atoms with E-state index in [1.54, 1.807) is 0 Å². The molecule has 0 unspecified atom stereocenters. The Labute approximate surface area is 99.0 Å². The minimum atomic E-state index is -0.788. The summed E-state index contributed by atoms with van der Waals surface area (Å²) in [7, 11) is 1.38. The van der Waals surface area contributed by atoms with Gasteiger partial charge in [-0.2, -0.15) is 0 Å². The number of ether oxygens (including phenoxy) is 1. The smallest absolute Gasteiger partial charge is 0.410 e. The van der Waals surface area contributed by atoms with Crippen LogP contribution in [0.3, 0.4) is 0 Å². The number of carbonyl (C=O) groups excluding carboxylic acids is 3. The van der Waals surface area contributed by atoms with E-state index in [1.807, 2.05) is 30.3 Å². The number of rotatable bonds is 5. The lowest BCUT2D eigenvalue weighted by Crippen LogP contribution is -2.32. The third-order valence-electron chi connectivity index (χ3n) is 2.01. The van der Waals surface area contributed by atoms with Gasteiger partial charge in [0.2, 0.25) is 5.78 Å². The Kier molecular flexibility index (Phi) is 4.87. The standard InChI is InChI=1S/C12H12NO4/c1-13(7-11(15)8-14)12(16)17-9-10-5-3-2-4-6-10/h2-6H,7,9H2,1H3. The van der Waals surface area contributed by atoms with Crippen LogP contribution in [0.5, 0.6) is 0 Å². The number of hydrogen-bond donors (Lipinski definition) is 0. The first kappa shape index (κ1) is 12.9. The summed E-state index contributed by atoms with van der Waals surface area (Å²) in [6.07, 6.45) is 0.531. The molecule has 0 fully saturated rings. The lowest BCUT2D eigenvalue weighted by atomic mass is 10.2. The normalized spacial score (nSPS) is 9.47. The molecule has 17 heavy (non-hydrogen) atoms. The summed E-state index contributed by atoms with van der Waals surface area (Å²) in [5.41, 5.74) is 0.850. The Bertz CT molecular complexity index is 402. The van der Waals surface area contributed by atoms with Gasteiger partial charge >= 0.3 is 6.09 Å². The highest BCUT2D eigenvalue weighted by atomic mass is 16.6. The molecule has 89 valence electrons. The van der Waals surface area contributed by atoms with E-state index in [4.69, 9.17) is 4.74 Å². The molecule has 0 heterocycles. The van der Waals surface area contributed by atoms with Crippen LogP contribution in [-0.2, 0) is 20.9 Å². The van der Waals surface area contributed by atoms with Gasteiger partial charge in [-0.15, -0.1) is 0 Å². The van der Waals surface area contributed by atoms with E-state index in [2.05, 4.69) is 0 Å². The lowest BCUT2D eigenvalue weighted by molar-refractivity contribution is -0.113. The van der Waals surface area contributed by atoms with Crippen LogP contribution in [0.15, 0.2) is 30.3 Å². The van der Waals surface area contributed by atoms with E-state index in [1.165, 1.54) is 13.3 Å². The summed E-state index contributed by atoms with van der Waals surface area (Å²) >= 11 is 0. The zero-order valence-electron chi connectivity index (χ0n) is 9.38. The number of ketones is 1. The third kappa shape index (κ3) is 4.46. The monoisotopic (exact) mass is 234 g/mol. The number of amides is 1. The van der Waals surface area contributed by atoms with E-state index in [0.717, 1.165) is 10.5 Å². The van der Waals surface area contributed by atoms with Crippen molar-refractivity contribution in [2.24, 2.45) is 0 Å². The van der Waals surface area contributed by atoms with Crippen LogP contribution in [0.2, 0.25) is 0 Å². The molecule has 5 heteroatoms. The molecule has 0 N–H and O–H groups in total. The van der Waals surface area contributed by atoms with Gasteiger partial charge in [-0.25, -0.2) is 4.79 Å². The fourth-order valence-corrected chi connectivity index (χ4v) is 1.14. The van der Waals surface area contributed by atoms with Crippen LogP contribution in [0.4, 0.5) is 4.79 Å². The van der Waals surface area contributed by atoms with Gasteiger partial charge in [-0.05, 0) is 5.56 Å². The molecule has 0 atom stereocenters. The van der Waals surface area contributed by atoms with Gasteiger partial charge in [0.15, 0.2) is 0 Å². The Balaban J connectivity index is 2.39. The maximum absolute atomic E-state index is 11.4. The van der Waals surface area contributed by atoms with Gasteiger partial charge in [0.05, 0.1) is 6.54 Å². The summed E-state index contributed by atoms with van der Waals surface area (Å²) in [6.45, 7) is -0.194. The molecule has 1 amide bonds. The SMILES string of the molecule is CN(CC(=O)[C]=O)C(=O)OCc1ccccc1. The molecule has 0 aliphatic carbocycles. The highest BCUT2D eigenvalue weighted by molar-refractivity contribution is 6.26. The Hall–Kier alpha value is -2.17. The molecular weight excluding hydrogens is 222 g/mol. The van der Waals surface area contributed by atoms with Gasteiger partial charge in [0, 0.05) is 7.05 Å². The second kappa shape index (κ2) is 6.42. The molecule has 0 aliphatic heterocycles. The molecule has 0 aliphatic rings. The molecule has 1 aromatic rings. The van der Waals surface area contributed by atoms with Crippen LogP contribution in [0, 0.1) is 0 Å². The summed E-state index contributed by atoms with van der Waals surface area (Å²) in [4.78, 5) is 33.1. The summed E-state index contributed by atoms with van der Waals surface area (Å²) < 4.78 is 4.94. The number of nitrogens with zero attached hydrogens (tertiary/aromatic N) is 1. The van der Waals surface area contributed by atoms with Gasteiger partial charge in [-0.1, -0.05) is 30.3 Å². The summed E-state index contributed by atoms with van der Waals surface area (Å²) in [5.74, 6) is -0.788. The maximum atomic E-state index is 11.4. The number of carbonyl (C=O) groups is 2. The van der Waals surface area contributed by atoms with E-state index >= 15 is 0 Å². The summed E-state index contributed by atoms with van der Waals surface area (Å²) in [5, 5.41) is 0. The van der Waals surface area contributed by atoms with Gasteiger partial charge in [-0.3, -0.25) is 9.59 Å². The van der Waals surface area contributed by atoms with E-state index in [0.29, 0.717) is 0 Å². The van der Waals surface area contributed by atoms with Crippen molar-refractivity contribution in [1.29, 1.82) is 0 Å². The van der Waals surface area contributed by atoms with Crippen LogP contribution < -0.4 is 0 Å². The zero-order valence-corrected chi connectivity index (χ0v) is 9.38. The summed E-state index contributed by atoms with van der Waals surface area (Å²) in [6, 6.07) is 9.15. The zero-order chi connectivity index (χ0) is 12.7. The predicted molar refractivity (Wildman–Crippen MR) is 60.0 cm³/mol.